The average molecular weight is 210 g/mol. The van der Waals surface area contributed by atoms with Crippen LogP contribution in [0.3, 0.4) is 0 Å². The predicted molar refractivity (Wildman–Crippen MR) is 55.6 cm³/mol. The van der Waals surface area contributed by atoms with Gasteiger partial charge in [0.2, 0.25) is 5.75 Å². The summed E-state index contributed by atoms with van der Waals surface area (Å²) in [6.45, 7) is 6.94. The fourth-order valence-electron chi connectivity index (χ4n) is 1.19. The van der Waals surface area contributed by atoms with Crippen LogP contribution in [0.25, 0.3) is 6.08 Å². The van der Waals surface area contributed by atoms with Crippen molar-refractivity contribution >= 4 is 18.5 Å². The smallest absolute Gasteiger partial charge is 0.312 e. The van der Waals surface area contributed by atoms with E-state index in [1.54, 1.807) is 0 Å². The molecule has 0 saturated heterocycles. The normalized spacial score (nSPS) is 9.67. The standard InChI is InChI=1S/C10H11NO4/c1-4-6-7(12)5-8(13)10(14)9(6)11(2)15-3/h4-5H,1-2H2,3H3,(H2-,12,13,14)/p+1. The lowest BCUT2D eigenvalue weighted by Crippen LogP contribution is -2.02. The van der Waals surface area contributed by atoms with Gasteiger partial charge >= 0.3 is 5.69 Å². The molecule has 1 aromatic rings. The summed E-state index contributed by atoms with van der Waals surface area (Å²) in [6, 6.07) is 1.01. The molecule has 0 unspecified atom stereocenters. The molecule has 0 saturated carbocycles. The van der Waals surface area contributed by atoms with E-state index in [-0.39, 0.29) is 17.0 Å². The number of phenolic OH excluding ortho intramolecular Hbond substituents is 3. The molecule has 0 heterocycles. The fraction of sp³-hybridized carbons (Fsp3) is 0.100. The van der Waals surface area contributed by atoms with Gasteiger partial charge in [-0.15, -0.1) is 0 Å². The Kier molecular flexibility index (Phi) is 2.85. The summed E-state index contributed by atoms with van der Waals surface area (Å²) in [5, 5.41) is 28.3. The first-order valence-corrected chi connectivity index (χ1v) is 4.08. The first kappa shape index (κ1) is 10.9. The lowest BCUT2D eigenvalue weighted by Gasteiger charge is -2.06. The second-order valence-corrected chi connectivity index (χ2v) is 2.79. The van der Waals surface area contributed by atoms with Crippen molar-refractivity contribution in [3.63, 3.8) is 0 Å². The van der Waals surface area contributed by atoms with Crippen LogP contribution in [0.4, 0.5) is 5.69 Å². The molecule has 1 aromatic carbocycles. The molecule has 0 spiro atoms. The molecule has 0 fully saturated rings. The zero-order valence-electron chi connectivity index (χ0n) is 8.27. The molecule has 0 atom stereocenters. The molecule has 1 rings (SSSR count). The largest absolute Gasteiger partial charge is 0.507 e. The molecule has 0 aliphatic heterocycles. The molecule has 0 bridgehead atoms. The van der Waals surface area contributed by atoms with E-state index in [1.165, 1.54) is 13.2 Å². The lowest BCUT2D eigenvalue weighted by molar-refractivity contribution is -0.714. The molecule has 0 aliphatic rings. The van der Waals surface area contributed by atoms with Crippen LogP contribution in [-0.2, 0) is 4.84 Å². The minimum atomic E-state index is -0.459. The van der Waals surface area contributed by atoms with E-state index >= 15 is 0 Å². The van der Waals surface area contributed by atoms with Crippen molar-refractivity contribution in [1.82, 2.24) is 0 Å². The fourth-order valence-corrected chi connectivity index (χ4v) is 1.19. The molecule has 5 heteroatoms. The topological polar surface area (TPSA) is 72.9 Å². The second-order valence-electron chi connectivity index (χ2n) is 2.79. The molecule has 80 valence electrons. The maximum absolute atomic E-state index is 9.56. The Hall–Kier alpha value is -2.17. The summed E-state index contributed by atoms with van der Waals surface area (Å²) in [6.07, 6.45) is 1.32. The van der Waals surface area contributed by atoms with E-state index < -0.39 is 11.5 Å². The predicted octanol–water partition coefficient (Wildman–Crippen LogP) is 1.35. The third-order valence-corrected chi connectivity index (χ3v) is 1.95. The van der Waals surface area contributed by atoms with E-state index in [4.69, 9.17) is 4.84 Å². The van der Waals surface area contributed by atoms with Crippen LogP contribution in [0.2, 0.25) is 0 Å². The van der Waals surface area contributed by atoms with Crippen molar-refractivity contribution in [3.8, 4) is 17.2 Å². The van der Waals surface area contributed by atoms with Crippen LogP contribution in [0.15, 0.2) is 12.6 Å². The monoisotopic (exact) mass is 210 g/mol. The Labute approximate surface area is 86.8 Å². The molecule has 0 aromatic heterocycles. The number of aromatic hydroxyl groups is 3. The molecule has 3 N–H and O–H groups in total. The molecule has 0 amide bonds. The van der Waals surface area contributed by atoms with Gasteiger partial charge in [0, 0.05) is 10.8 Å². The third kappa shape index (κ3) is 1.71. The van der Waals surface area contributed by atoms with Gasteiger partial charge in [-0.25, -0.2) is 0 Å². The highest BCUT2D eigenvalue weighted by atomic mass is 16.7. The van der Waals surface area contributed by atoms with Crippen LogP contribution in [0, 0.1) is 0 Å². The number of benzene rings is 1. The van der Waals surface area contributed by atoms with Crippen molar-refractivity contribution in [3.05, 3.63) is 18.2 Å². The Morgan fingerprint density at radius 3 is 2.40 bits per heavy atom. The highest BCUT2D eigenvalue weighted by Gasteiger charge is 2.25. The molecule has 0 radical (unpaired) electrons. The Morgan fingerprint density at radius 2 is 1.93 bits per heavy atom. The van der Waals surface area contributed by atoms with Crippen molar-refractivity contribution < 1.29 is 24.9 Å². The molecular formula is C10H12NO4+. The molecule has 0 aliphatic carbocycles. The van der Waals surface area contributed by atoms with Gasteiger partial charge in [0.1, 0.15) is 12.9 Å². The number of hydrogen-bond acceptors (Lipinski definition) is 4. The Balaban J connectivity index is 3.57. The number of hydrogen-bond donors (Lipinski definition) is 3. The lowest BCUT2D eigenvalue weighted by atomic mass is 10.1. The van der Waals surface area contributed by atoms with Gasteiger partial charge in [0.25, 0.3) is 0 Å². The van der Waals surface area contributed by atoms with Crippen LogP contribution in [-0.4, -0.2) is 33.9 Å². The van der Waals surface area contributed by atoms with Crippen molar-refractivity contribution in [1.29, 1.82) is 0 Å². The maximum Gasteiger partial charge on any atom is 0.312 e. The van der Waals surface area contributed by atoms with Crippen molar-refractivity contribution in [2.45, 2.75) is 0 Å². The summed E-state index contributed by atoms with van der Waals surface area (Å²) in [5.74, 6) is -1.11. The average Bonchev–Trinajstić information content (AvgIpc) is 2.21. The molecular weight excluding hydrogens is 198 g/mol. The zero-order chi connectivity index (χ0) is 11.6. The van der Waals surface area contributed by atoms with Crippen LogP contribution >= 0.6 is 0 Å². The number of phenols is 3. The first-order chi connectivity index (χ1) is 7.02. The molecule has 15 heavy (non-hydrogen) atoms. The minimum Gasteiger partial charge on any atom is -0.507 e. The zero-order valence-corrected chi connectivity index (χ0v) is 8.27. The van der Waals surface area contributed by atoms with Gasteiger partial charge in [-0.3, -0.25) is 4.84 Å². The number of rotatable bonds is 3. The summed E-state index contributed by atoms with van der Waals surface area (Å²) in [5.41, 5.74) is 0.271. The van der Waals surface area contributed by atoms with Crippen LogP contribution in [0.5, 0.6) is 17.2 Å². The third-order valence-electron chi connectivity index (χ3n) is 1.95. The van der Waals surface area contributed by atoms with Crippen LogP contribution in [0.1, 0.15) is 5.56 Å². The van der Waals surface area contributed by atoms with Gasteiger partial charge in [0.15, 0.2) is 12.5 Å². The maximum atomic E-state index is 9.56. The van der Waals surface area contributed by atoms with Crippen molar-refractivity contribution in [2.24, 2.45) is 0 Å². The highest BCUT2D eigenvalue weighted by Crippen LogP contribution is 2.43. The van der Waals surface area contributed by atoms with Gasteiger partial charge in [0.05, 0.1) is 5.56 Å². The van der Waals surface area contributed by atoms with E-state index in [0.717, 1.165) is 10.8 Å². The minimum absolute atomic E-state index is 0.0463. The second kappa shape index (κ2) is 3.91. The van der Waals surface area contributed by atoms with Gasteiger partial charge in [-0.05, 0) is 0 Å². The SMILES string of the molecule is C=Cc1c(O)cc(O)c(O)c1[N+](=C)OC. The Morgan fingerprint density at radius 1 is 1.33 bits per heavy atom. The summed E-state index contributed by atoms with van der Waals surface area (Å²) in [4.78, 5) is 4.76. The summed E-state index contributed by atoms with van der Waals surface area (Å²) < 4.78 is 0.964. The van der Waals surface area contributed by atoms with E-state index in [0.29, 0.717) is 0 Å². The first-order valence-electron chi connectivity index (χ1n) is 4.08. The van der Waals surface area contributed by atoms with Gasteiger partial charge in [-0.1, -0.05) is 12.7 Å². The van der Waals surface area contributed by atoms with Gasteiger partial charge < -0.3 is 15.3 Å². The van der Waals surface area contributed by atoms with E-state index in [1.807, 2.05) is 0 Å². The van der Waals surface area contributed by atoms with Crippen LogP contribution < -0.4 is 0 Å². The van der Waals surface area contributed by atoms with E-state index in [2.05, 4.69) is 13.3 Å². The Bertz CT molecular complexity index is 426. The summed E-state index contributed by atoms with van der Waals surface area (Å²) >= 11 is 0. The molecule has 5 nitrogen and oxygen atoms in total. The summed E-state index contributed by atoms with van der Waals surface area (Å²) in [7, 11) is 1.33. The van der Waals surface area contributed by atoms with Crippen molar-refractivity contribution in [2.75, 3.05) is 7.11 Å². The number of nitrogens with zero attached hydrogens (tertiary/aromatic N) is 1. The quantitative estimate of drug-likeness (QED) is 0.231. The highest BCUT2D eigenvalue weighted by molar-refractivity contribution is 5.74. The van der Waals surface area contributed by atoms with Gasteiger partial charge in [-0.2, -0.15) is 0 Å². The van der Waals surface area contributed by atoms with E-state index in [9.17, 15) is 15.3 Å².